The number of carbonyl (C=O) groups excluding carboxylic acids is 2. The minimum Gasteiger partial charge on any atom is -0.466 e. The van der Waals surface area contributed by atoms with E-state index in [1.54, 1.807) is 6.92 Å². The van der Waals surface area contributed by atoms with Gasteiger partial charge in [-0.3, -0.25) is 9.59 Å². The number of aryl methyl sites for hydroxylation is 1. The van der Waals surface area contributed by atoms with Crippen molar-refractivity contribution in [2.75, 3.05) is 6.61 Å². The van der Waals surface area contributed by atoms with E-state index in [-0.39, 0.29) is 38.1 Å². The fraction of sp³-hybridized carbons (Fsp3) is 0.429. The zero-order chi connectivity index (χ0) is 14.3. The lowest BCUT2D eigenvalue weighted by Crippen LogP contribution is -2.08. The normalized spacial score (nSPS) is 10.3. The van der Waals surface area contributed by atoms with Crippen LogP contribution < -0.4 is 0 Å². The van der Waals surface area contributed by atoms with Gasteiger partial charge in [0.1, 0.15) is 17.4 Å². The number of hydrogen-bond acceptors (Lipinski definition) is 3. The van der Waals surface area contributed by atoms with Crippen molar-refractivity contribution in [3.05, 3.63) is 35.4 Å². The first-order chi connectivity index (χ1) is 9.01. The van der Waals surface area contributed by atoms with Crippen LogP contribution in [0.3, 0.4) is 0 Å². The molecule has 0 fully saturated rings. The summed E-state index contributed by atoms with van der Waals surface area (Å²) in [5.41, 5.74) is 0.432. The van der Waals surface area contributed by atoms with E-state index in [1.165, 1.54) is 12.1 Å². The summed E-state index contributed by atoms with van der Waals surface area (Å²) in [6.45, 7) is 1.98. The van der Waals surface area contributed by atoms with Crippen LogP contribution in [0.2, 0.25) is 0 Å². The van der Waals surface area contributed by atoms with Gasteiger partial charge in [0.25, 0.3) is 0 Å². The molecule has 3 nitrogen and oxygen atoms in total. The zero-order valence-electron chi connectivity index (χ0n) is 10.7. The molecular weight excluding hydrogens is 254 g/mol. The molecule has 0 spiro atoms. The van der Waals surface area contributed by atoms with Gasteiger partial charge in [-0.2, -0.15) is 0 Å². The number of hydrogen-bond donors (Lipinski definition) is 0. The summed E-state index contributed by atoms with van der Waals surface area (Å²) in [4.78, 5) is 22.5. The van der Waals surface area contributed by atoms with Crippen molar-refractivity contribution in [1.29, 1.82) is 0 Å². The number of ketones is 1. The van der Waals surface area contributed by atoms with Gasteiger partial charge in [-0.25, -0.2) is 8.78 Å². The van der Waals surface area contributed by atoms with Crippen molar-refractivity contribution in [3.63, 3.8) is 0 Å². The van der Waals surface area contributed by atoms with Crippen LogP contribution in [0.4, 0.5) is 8.78 Å². The summed E-state index contributed by atoms with van der Waals surface area (Å²) < 4.78 is 30.5. The van der Waals surface area contributed by atoms with E-state index in [9.17, 15) is 18.4 Å². The summed E-state index contributed by atoms with van der Waals surface area (Å²) >= 11 is 0. The standard InChI is InChI=1S/C14H16F2O3/c1-2-19-14(18)6-5-13(17)4-3-10-7-11(15)9-12(16)8-10/h7-9H,2-6H2,1H3. The Balaban J connectivity index is 2.35. The maximum absolute atomic E-state index is 12.9. The Morgan fingerprint density at radius 2 is 1.68 bits per heavy atom. The monoisotopic (exact) mass is 270 g/mol. The van der Waals surface area contributed by atoms with Crippen LogP contribution in [0, 0.1) is 11.6 Å². The van der Waals surface area contributed by atoms with E-state index >= 15 is 0 Å². The average molecular weight is 270 g/mol. The quantitative estimate of drug-likeness (QED) is 0.715. The molecule has 19 heavy (non-hydrogen) atoms. The Kier molecular flexibility index (Phi) is 6.12. The molecule has 0 aliphatic carbocycles. The molecule has 5 heteroatoms. The molecular formula is C14H16F2O3. The summed E-state index contributed by atoms with van der Waals surface area (Å²) in [5.74, 6) is -1.85. The van der Waals surface area contributed by atoms with E-state index in [0.29, 0.717) is 5.56 Å². The lowest BCUT2D eigenvalue weighted by Gasteiger charge is -2.03. The van der Waals surface area contributed by atoms with Gasteiger partial charge in [-0.15, -0.1) is 0 Å². The van der Waals surface area contributed by atoms with Gasteiger partial charge in [0.2, 0.25) is 0 Å². The predicted octanol–water partition coefficient (Wildman–Crippen LogP) is 2.81. The molecule has 0 aliphatic rings. The molecule has 1 aromatic carbocycles. The van der Waals surface area contributed by atoms with Crippen LogP contribution in [0.15, 0.2) is 18.2 Å². The van der Waals surface area contributed by atoms with Crippen LogP contribution >= 0.6 is 0 Å². The van der Waals surface area contributed by atoms with E-state index in [4.69, 9.17) is 4.74 Å². The van der Waals surface area contributed by atoms with Crippen molar-refractivity contribution in [2.45, 2.75) is 32.6 Å². The van der Waals surface area contributed by atoms with Crippen LogP contribution in [0.25, 0.3) is 0 Å². The first kappa shape index (κ1) is 15.3. The number of esters is 1. The van der Waals surface area contributed by atoms with Crippen molar-refractivity contribution in [3.8, 4) is 0 Å². The molecule has 0 amide bonds. The van der Waals surface area contributed by atoms with Crippen molar-refractivity contribution < 1.29 is 23.1 Å². The molecule has 0 radical (unpaired) electrons. The lowest BCUT2D eigenvalue weighted by molar-refractivity contribution is -0.144. The van der Waals surface area contributed by atoms with Crippen molar-refractivity contribution >= 4 is 11.8 Å². The first-order valence-electron chi connectivity index (χ1n) is 6.13. The smallest absolute Gasteiger partial charge is 0.306 e. The molecule has 0 saturated carbocycles. The topological polar surface area (TPSA) is 43.4 Å². The molecule has 1 aromatic rings. The van der Waals surface area contributed by atoms with Gasteiger partial charge in [0.15, 0.2) is 0 Å². The van der Waals surface area contributed by atoms with E-state index in [1.807, 2.05) is 0 Å². The summed E-state index contributed by atoms with van der Waals surface area (Å²) in [5, 5.41) is 0. The number of ether oxygens (including phenoxy) is 1. The molecule has 0 N–H and O–H groups in total. The molecule has 0 saturated heterocycles. The number of benzene rings is 1. The van der Waals surface area contributed by atoms with E-state index in [0.717, 1.165) is 6.07 Å². The van der Waals surface area contributed by atoms with Crippen molar-refractivity contribution in [2.24, 2.45) is 0 Å². The van der Waals surface area contributed by atoms with E-state index < -0.39 is 17.6 Å². The van der Waals surface area contributed by atoms with Gasteiger partial charge >= 0.3 is 5.97 Å². The molecule has 1 rings (SSSR count). The van der Waals surface area contributed by atoms with Gasteiger partial charge in [-0.05, 0) is 31.0 Å². The second-order valence-electron chi connectivity index (χ2n) is 4.12. The Morgan fingerprint density at radius 3 is 2.26 bits per heavy atom. The Morgan fingerprint density at radius 1 is 1.05 bits per heavy atom. The SMILES string of the molecule is CCOC(=O)CCC(=O)CCc1cc(F)cc(F)c1. The molecule has 104 valence electrons. The molecule has 0 aliphatic heterocycles. The third-order valence-corrected chi connectivity index (χ3v) is 2.53. The fourth-order valence-corrected chi connectivity index (χ4v) is 1.64. The minimum atomic E-state index is -0.658. The Bertz CT molecular complexity index is 438. The summed E-state index contributed by atoms with van der Waals surface area (Å²) in [6.07, 6.45) is 0.555. The third-order valence-electron chi connectivity index (χ3n) is 2.53. The highest BCUT2D eigenvalue weighted by Gasteiger charge is 2.08. The molecule has 0 atom stereocenters. The zero-order valence-corrected chi connectivity index (χ0v) is 10.7. The van der Waals surface area contributed by atoms with Crippen molar-refractivity contribution in [1.82, 2.24) is 0 Å². The number of Topliss-reactive ketones (excluding diaryl/α,β-unsaturated/α-hetero) is 1. The lowest BCUT2D eigenvalue weighted by atomic mass is 10.0. The highest BCUT2D eigenvalue weighted by Crippen LogP contribution is 2.11. The number of halogens is 2. The Labute approximate surface area is 110 Å². The van der Waals surface area contributed by atoms with Crippen LogP contribution in [0.5, 0.6) is 0 Å². The molecule has 0 bridgehead atoms. The predicted molar refractivity (Wildman–Crippen MR) is 65.6 cm³/mol. The summed E-state index contributed by atoms with van der Waals surface area (Å²) in [7, 11) is 0. The second kappa shape index (κ2) is 7.61. The number of rotatable bonds is 7. The molecule has 0 heterocycles. The maximum atomic E-state index is 12.9. The second-order valence-corrected chi connectivity index (χ2v) is 4.12. The highest BCUT2D eigenvalue weighted by molar-refractivity contribution is 5.83. The highest BCUT2D eigenvalue weighted by atomic mass is 19.1. The molecule has 0 aromatic heterocycles. The average Bonchev–Trinajstić information content (AvgIpc) is 2.33. The van der Waals surface area contributed by atoms with Gasteiger partial charge in [0, 0.05) is 18.9 Å². The largest absolute Gasteiger partial charge is 0.466 e. The maximum Gasteiger partial charge on any atom is 0.306 e. The van der Waals surface area contributed by atoms with E-state index in [2.05, 4.69) is 0 Å². The summed E-state index contributed by atoms with van der Waals surface area (Å²) in [6, 6.07) is 3.18. The van der Waals surface area contributed by atoms with Gasteiger partial charge in [-0.1, -0.05) is 0 Å². The third kappa shape index (κ3) is 6.08. The number of carbonyl (C=O) groups is 2. The van der Waals surface area contributed by atoms with Crippen LogP contribution in [-0.4, -0.2) is 18.4 Å². The minimum absolute atomic E-state index is 0.0458. The van der Waals surface area contributed by atoms with Crippen LogP contribution in [0.1, 0.15) is 31.7 Å². The molecule has 0 unspecified atom stereocenters. The van der Waals surface area contributed by atoms with Crippen LogP contribution in [-0.2, 0) is 20.7 Å². The first-order valence-corrected chi connectivity index (χ1v) is 6.13. The Hall–Kier alpha value is -1.78. The van der Waals surface area contributed by atoms with Gasteiger partial charge in [0.05, 0.1) is 13.0 Å². The van der Waals surface area contributed by atoms with Gasteiger partial charge < -0.3 is 4.74 Å². The fourth-order valence-electron chi connectivity index (χ4n) is 1.64.